The number of aryl methyl sites for hydroxylation is 1. The highest BCUT2D eigenvalue weighted by Crippen LogP contribution is 2.21. The molecule has 0 radical (unpaired) electrons. The number of thiophene rings is 1. The SMILES string of the molecule is Cc1ccc(-c2nc3ccsc3c(=NCc3ccccc3)o2)cc1. The molecule has 118 valence electrons. The molecule has 0 N–H and O–H groups in total. The zero-order chi connectivity index (χ0) is 16.4. The average Bonchev–Trinajstić information content (AvgIpc) is 3.10. The molecule has 0 amide bonds. The van der Waals surface area contributed by atoms with Gasteiger partial charge in [-0.05, 0) is 36.1 Å². The van der Waals surface area contributed by atoms with Crippen molar-refractivity contribution in [3.8, 4) is 11.5 Å². The molecule has 0 saturated carbocycles. The molecule has 0 fully saturated rings. The first-order valence-corrected chi connectivity index (χ1v) is 8.67. The van der Waals surface area contributed by atoms with Crippen molar-refractivity contribution < 1.29 is 4.42 Å². The number of hydrogen-bond donors (Lipinski definition) is 0. The van der Waals surface area contributed by atoms with Gasteiger partial charge >= 0.3 is 0 Å². The van der Waals surface area contributed by atoms with Crippen LogP contribution < -0.4 is 5.55 Å². The van der Waals surface area contributed by atoms with Crippen molar-refractivity contribution in [3.63, 3.8) is 0 Å². The molecule has 0 aliphatic carbocycles. The highest BCUT2D eigenvalue weighted by Gasteiger charge is 2.08. The number of rotatable bonds is 3. The van der Waals surface area contributed by atoms with E-state index in [0.717, 1.165) is 21.3 Å². The smallest absolute Gasteiger partial charge is 0.236 e. The Morgan fingerprint density at radius 3 is 2.58 bits per heavy atom. The van der Waals surface area contributed by atoms with Gasteiger partial charge in [0, 0.05) is 5.56 Å². The van der Waals surface area contributed by atoms with E-state index in [4.69, 9.17) is 4.42 Å². The minimum atomic E-state index is 0.592. The summed E-state index contributed by atoms with van der Waals surface area (Å²) >= 11 is 1.61. The first kappa shape index (κ1) is 14.8. The first-order chi connectivity index (χ1) is 11.8. The monoisotopic (exact) mass is 332 g/mol. The quantitative estimate of drug-likeness (QED) is 0.531. The van der Waals surface area contributed by atoms with Gasteiger partial charge in [0.05, 0.1) is 12.1 Å². The Morgan fingerprint density at radius 1 is 1.00 bits per heavy atom. The Labute approximate surface area is 144 Å². The van der Waals surface area contributed by atoms with Crippen molar-refractivity contribution in [2.75, 3.05) is 0 Å². The summed E-state index contributed by atoms with van der Waals surface area (Å²) in [5.74, 6) is 0.604. The third-order valence-corrected chi connectivity index (χ3v) is 4.69. The van der Waals surface area contributed by atoms with E-state index in [2.05, 4.69) is 41.2 Å². The zero-order valence-corrected chi connectivity index (χ0v) is 14.1. The molecule has 0 spiro atoms. The molecule has 4 rings (SSSR count). The second-order valence-electron chi connectivity index (χ2n) is 5.63. The number of benzene rings is 2. The third kappa shape index (κ3) is 3.01. The van der Waals surface area contributed by atoms with Crippen LogP contribution in [0, 0.1) is 6.92 Å². The molecule has 2 aromatic carbocycles. The Bertz CT molecular complexity index is 1030. The number of aromatic nitrogens is 1. The summed E-state index contributed by atoms with van der Waals surface area (Å²) in [6.45, 7) is 2.66. The van der Waals surface area contributed by atoms with Crippen LogP contribution in [0.1, 0.15) is 11.1 Å². The van der Waals surface area contributed by atoms with E-state index in [1.165, 1.54) is 5.56 Å². The van der Waals surface area contributed by atoms with Gasteiger partial charge in [0.2, 0.25) is 11.4 Å². The molecule has 0 aliphatic rings. The van der Waals surface area contributed by atoms with Crippen LogP contribution in [0.3, 0.4) is 0 Å². The maximum atomic E-state index is 6.03. The second-order valence-corrected chi connectivity index (χ2v) is 6.54. The molecule has 3 nitrogen and oxygen atoms in total. The largest absolute Gasteiger partial charge is 0.419 e. The predicted octanol–water partition coefficient (Wildman–Crippen LogP) is 4.97. The third-order valence-electron chi connectivity index (χ3n) is 3.80. The van der Waals surface area contributed by atoms with Gasteiger partial charge in [0.1, 0.15) is 4.70 Å². The van der Waals surface area contributed by atoms with E-state index in [9.17, 15) is 0 Å². The number of fused-ring (bicyclic) bond motifs is 1. The Balaban J connectivity index is 1.82. The van der Waals surface area contributed by atoms with Gasteiger partial charge in [0.15, 0.2) is 0 Å². The summed E-state index contributed by atoms with van der Waals surface area (Å²) in [5, 5.41) is 2.02. The molecule has 0 atom stereocenters. The summed E-state index contributed by atoms with van der Waals surface area (Å²) in [7, 11) is 0. The van der Waals surface area contributed by atoms with E-state index in [-0.39, 0.29) is 0 Å². The summed E-state index contributed by atoms with van der Waals surface area (Å²) in [6, 6.07) is 20.4. The molecule has 2 aromatic heterocycles. The molecular formula is C20H16N2OS. The van der Waals surface area contributed by atoms with E-state index in [0.29, 0.717) is 18.0 Å². The lowest BCUT2D eigenvalue weighted by molar-refractivity contribution is 0.498. The Hall–Kier alpha value is -2.72. The lowest BCUT2D eigenvalue weighted by atomic mass is 10.1. The summed E-state index contributed by atoms with van der Waals surface area (Å²) < 4.78 is 7.02. The van der Waals surface area contributed by atoms with Gasteiger partial charge < -0.3 is 4.42 Å². The zero-order valence-electron chi connectivity index (χ0n) is 13.3. The summed E-state index contributed by atoms with van der Waals surface area (Å²) in [5.41, 5.74) is 4.91. The topological polar surface area (TPSA) is 38.4 Å². The van der Waals surface area contributed by atoms with Gasteiger partial charge in [-0.3, -0.25) is 0 Å². The van der Waals surface area contributed by atoms with E-state index in [1.807, 2.05) is 41.8 Å². The van der Waals surface area contributed by atoms with Gasteiger partial charge in [-0.1, -0.05) is 48.0 Å². The van der Waals surface area contributed by atoms with Crippen molar-refractivity contribution in [3.05, 3.63) is 82.7 Å². The van der Waals surface area contributed by atoms with Gasteiger partial charge in [-0.2, -0.15) is 0 Å². The van der Waals surface area contributed by atoms with Crippen molar-refractivity contribution in [2.24, 2.45) is 4.99 Å². The second kappa shape index (κ2) is 6.42. The Kier molecular flexibility index (Phi) is 3.97. The summed E-state index contributed by atoms with van der Waals surface area (Å²) in [6.07, 6.45) is 0. The number of hydrogen-bond acceptors (Lipinski definition) is 4. The van der Waals surface area contributed by atoms with Gasteiger partial charge in [-0.25, -0.2) is 9.98 Å². The lowest BCUT2D eigenvalue weighted by Gasteiger charge is -2.02. The van der Waals surface area contributed by atoms with E-state index < -0.39 is 0 Å². The van der Waals surface area contributed by atoms with Crippen LogP contribution in [0.15, 0.2) is 75.5 Å². The fourth-order valence-corrected chi connectivity index (χ4v) is 3.27. The predicted molar refractivity (Wildman–Crippen MR) is 97.8 cm³/mol. The molecule has 0 aliphatic heterocycles. The van der Waals surface area contributed by atoms with Gasteiger partial charge in [0.25, 0.3) is 0 Å². The summed E-state index contributed by atoms with van der Waals surface area (Å²) in [4.78, 5) is 9.32. The molecule has 0 saturated heterocycles. The molecule has 24 heavy (non-hydrogen) atoms. The van der Waals surface area contributed by atoms with Gasteiger partial charge in [-0.15, -0.1) is 11.3 Å². The molecule has 4 heteroatoms. The maximum Gasteiger partial charge on any atom is 0.236 e. The van der Waals surface area contributed by atoms with Crippen LogP contribution in [-0.2, 0) is 6.54 Å². The van der Waals surface area contributed by atoms with Crippen molar-refractivity contribution in [1.82, 2.24) is 4.98 Å². The van der Waals surface area contributed by atoms with Crippen LogP contribution in [0.25, 0.3) is 21.7 Å². The molecule has 0 unspecified atom stereocenters. The van der Waals surface area contributed by atoms with Crippen LogP contribution in [0.2, 0.25) is 0 Å². The van der Waals surface area contributed by atoms with Crippen LogP contribution in [0.4, 0.5) is 0 Å². The molecular weight excluding hydrogens is 316 g/mol. The van der Waals surface area contributed by atoms with Crippen LogP contribution in [-0.4, -0.2) is 4.98 Å². The van der Waals surface area contributed by atoms with Crippen LogP contribution in [0.5, 0.6) is 0 Å². The fourth-order valence-electron chi connectivity index (χ4n) is 2.49. The lowest BCUT2D eigenvalue weighted by Crippen LogP contribution is -2.04. The molecule has 0 bridgehead atoms. The highest BCUT2D eigenvalue weighted by atomic mass is 32.1. The maximum absolute atomic E-state index is 6.03. The molecule has 2 heterocycles. The highest BCUT2D eigenvalue weighted by molar-refractivity contribution is 7.17. The van der Waals surface area contributed by atoms with Crippen molar-refractivity contribution >= 4 is 21.6 Å². The minimum absolute atomic E-state index is 0.592. The van der Waals surface area contributed by atoms with Crippen molar-refractivity contribution in [1.29, 1.82) is 0 Å². The average molecular weight is 332 g/mol. The van der Waals surface area contributed by atoms with Crippen molar-refractivity contribution in [2.45, 2.75) is 13.5 Å². The fraction of sp³-hybridized carbons (Fsp3) is 0.100. The Morgan fingerprint density at radius 2 is 1.79 bits per heavy atom. The van der Waals surface area contributed by atoms with E-state index >= 15 is 0 Å². The minimum Gasteiger partial charge on any atom is -0.419 e. The number of nitrogens with zero attached hydrogens (tertiary/aromatic N) is 2. The van der Waals surface area contributed by atoms with Crippen LogP contribution >= 0.6 is 11.3 Å². The normalized spacial score (nSPS) is 12.0. The first-order valence-electron chi connectivity index (χ1n) is 7.79. The standard InChI is InChI=1S/C20H16N2OS/c1-14-7-9-16(10-8-14)19-22-17-11-12-24-18(17)20(23-19)21-13-15-5-3-2-4-6-15/h2-12H,13H2,1H3. The van der Waals surface area contributed by atoms with E-state index in [1.54, 1.807) is 11.3 Å². The molecule has 4 aromatic rings.